The van der Waals surface area contributed by atoms with E-state index >= 15 is 0 Å². The standard InChI is InChI=1S/C18H23NO2/c1-3-21-17-11-7-8-15(12-17)13-19-18(2,14-20)16-9-5-4-6-10-16/h4-12,19-20H,3,13-14H2,1-2H3. The van der Waals surface area contributed by atoms with Gasteiger partial charge in [0.25, 0.3) is 0 Å². The van der Waals surface area contributed by atoms with Crippen molar-refractivity contribution in [2.75, 3.05) is 13.2 Å². The van der Waals surface area contributed by atoms with E-state index in [-0.39, 0.29) is 6.61 Å². The molecule has 0 fully saturated rings. The maximum Gasteiger partial charge on any atom is 0.119 e. The van der Waals surface area contributed by atoms with E-state index in [9.17, 15) is 5.11 Å². The second-order valence-electron chi connectivity index (χ2n) is 5.29. The molecule has 21 heavy (non-hydrogen) atoms. The Bertz CT molecular complexity index is 556. The highest BCUT2D eigenvalue weighted by atomic mass is 16.5. The van der Waals surface area contributed by atoms with Crippen molar-refractivity contribution in [1.29, 1.82) is 0 Å². The normalized spacial score (nSPS) is 13.7. The summed E-state index contributed by atoms with van der Waals surface area (Å²) in [5.74, 6) is 0.877. The molecule has 0 radical (unpaired) electrons. The lowest BCUT2D eigenvalue weighted by molar-refractivity contribution is 0.173. The molecule has 1 atom stereocenters. The van der Waals surface area contributed by atoms with E-state index in [0.29, 0.717) is 13.2 Å². The van der Waals surface area contributed by atoms with Crippen LogP contribution in [0, 0.1) is 0 Å². The molecule has 2 aromatic carbocycles. The molecule has 0 amide bonds. The van der Waals surface area contributed by atoms with E-state index in [4.69, 9.17) is 4.74 Å². The Balaban J connectivity index is 2.08. The van der Waals surface area contributed by atoms with Gasteiger partial charge in [0, 0.05) is 6.54 Å². The van der Waals surface area contributed by atoms with Crippen molar-refractivity contribution in [2.45, 2.75) is 25.9 Å². The number of aliphatic hydroxyl groups excluding tert-OH is 1. The number of hydrogen-bond donors (Lipinski definition) is 2. The number of benzene rings is 2. The third-order valence-corrected chi connectivity index (χ3v) is 3.62. The van der Waals surface area contributed by atoms with E-state index in [1.54, 1.807) is 0 Å². The van der Waals surface area contributed by atoms with Crippen LogP contribution in [-0.4, -0.2) is 18.3 Å². The van der Waals surface area contributed by atoms with Gasteiger partial charge in [0.1, 0.15) is 5.75 Å². The SMILES string of the molecule is CCOc1cccc(CNC(C)(CO)c2ccccc2)c1. The van der Waals surface area contributed by atoms with Crippen molar-refractivity contribution < 1.29 is 9.84 Å². The van der Waals surface area contributed by atoms with Crippen molar-refractivity contribution in [2.24, 2.45) is 0 Å². The number of aliphatic hydroxyl groups is 1. The second-order valence-corrected chi connectivity index (χ2v) is 5.29. The summed E-state index contributed by atoms with van der Waals surface area (Å²) >= 11 is 0. The molecule has 0 aliphatic carbocycles. The first-order chi connectivity index (χ1) is 10.2. The molecule has 0 saturated heterocycles. The molecule has 3 heteroatoms. The van der Waals surface area contributed by atoms with Gasteiger partial charge in [0.2, 0.25) is 0 Å². The van der Waals surface area contributed by atoms with Crippen LogP contribution in [-0.2, 0) is 12.1 Å². The first-order valence-corrected chi connectivity index (χ1v) is 7.31. The van der Waals surface area contributed by atoms with Gasteiger partial charge >= 0.3 is 0 Å². The van der Waals surface area contributed by atoms with Crippen LogP contribution in [0.2, 0.25) is 0 Å². The number of hydrogen-bond acceptors (Lipinski definition) is 3. The maximum atomic E-state index is 9.77. The highest BCUT2D eigenvalue weighted by molar-refractivity contribution is 5.29. The molecule has 3 nitrogen and oxygen atoms in total. The Morgan fingerprint density at radius 1 is 1.10 bits per heavy atom. The maximum absolute atomic E-state index is 9.77. The van der Waals surface area contributed by atoms with Gasteiger partial charge in [-0.2, -0.15) is 0 Å². The minimum atomic E-state index is -0.455. The van der Waals surface area contributed by atoms with Crippen molar-refractivity contribution in [3.8, 4) is 5.75 Å². The molecule has 0 aliphatic heterocycles. The molecular weight excluding hydrogens is 262 g/mol. The fourth-order valence-electron chi connectivity index (χ4n) is 2.26. The van der Waals surface area contributed by atoms with Crippen LogP contribution in [0.5, 0.6) is 5.75 Å². The zero-order valence-corrected chi connectivity index (χ0v) is 12.7. The fraction of sp³-hybridized carbons (Fsp3) is 0.333. The van der Waals surface area contributed by atoms with Crippen LogP contribution in [0.3, 0.4) is 0 Å². The zero-order valence-electron chi connectivity index (χ0n) is 12.7. The monoisotopic (exact) mass is 285 g/mol. The van der Waals surface area contributed by atoms with Gasteiger partial charge in [-0.1, -0.05) is 42.5 Å². The molecule has 0 aromatic heterocycles. The first-order valence-electron chi connectivity index (χ1n) is 7.31. The summed E-state index contributed by atoms with van der Waals surface area (Å²) in [6.45, 7) is 5.36. The lowest BCUT2D eigenvalue weighted by Crippen LogP contribution is -2.42. The molecule has 0 aliphatic rings. The Labute approximate surface area is 126 Å². The molecule has 1 unspecified atom stereocenters. The third kappa shape index (κ3) is 4.06. The van der Waals surface area contributed by atoms with E-state index in [0.717, 1.165) is 16.9 Å². The molecule has 2 aromatic rings. The van der Waals surface area contributed by atoms with Crippen molar-refractivity contribution in [1.82, 2.24) is 5.32 Å². The second kappa shape index (κ2) is 7.25. The third-order valence-electron chi connectivity index (χ3n) is 3.62. The summed E-state index contributed by atoms with van der Waals surface area (Å²) in [4.78, 5) is 0. The largest absolute Gasteiger partial charge is 0.494 e. The van der Waals surface area contributed by atoms with Crippen LogP contribution in [0.25, 0.3) is 0 Å². The van der Waals surface area contributed by atoms with Crippen molar-refractivity contribution in [3.63, 3.8) is 0 Å². The Hall–Kier alpha value is -1.84. The van der Waals surface area contributed by atoms with Gasteiger partial charge in [-0.3, -0.25) is 0 Å². The van der Waals surface area contributed by atoms with Crippen LogP contribution in [0.1, 0.15) is 25.0 Å². The van der Waals surface area contributed by atoms with Crippen LogP contribution >= 0.6 is 0 Å². The molecule has 0 saturated carbocycles. The smallest absolute Gasteiger partial charge is 0.119 e. The summed E-state index contributed by atoms with van der Waals surface area (Å²) in [6.07, 6.45) is 0. The first kappa shape index (κ1) is 15.5. The molecular formula is C18H23NO2. The lowest BCUT2D eigenvalue weighted by atomic mass is 9.92. The quantitative estimate of drug-likeness (QED) is 0.821. The molecule has 2 rings (SSSR count). The molecule has 0 spiro atoms. The predicted molar refractivity (Wildman–Crippen MR) is 85.3 cm³/mol. The highest BCUT2D eigenvalue weighted by Gasteiger charge is 2.24. The lowest BCUT2D eigenvalue weighted by Gasteiger charge is -2.29. The van der Waals surface area contributed by atoms with Gasteiger partial charge in [0.05, 0.1) is 18.8 Å². The van der Waals surface area contributed by atoms with Gasteiger partial charge in [-0.05, 0) is 37.1 Å². The van der Waals surface area contributed by atoms with Crippen LogP contribution in [0.4, 0.5) is 0 Å². The summed E-state index contributed by atoms with van der Waals surface area (Å²) in [5.41, 5.74) is 1.76. The Morgan fingerprint density at radius 2 is 1.86 bits per heavy atom. The number of ether oxygens (including phenoxy) is 1. The minimum Gasteiger partial charge on any atom is -0.494 e. The van der Waals surface area contributed by atoms with Gasteiger partial charge in [-0.15, -0.1) is 0 Å². The van der Waals surface area contributed by atoms with E-state index in [1.807, 2.05) is 62.4 Å². The summed E-state index contributed by atoms with van der Waals surface area (Å²) in [5, 5.41) is 13.2. The summed E-state index contributed by atoms with van der Waals surface area (Å²) in [6, 6.07) is 18.0. The topological polar surface area (TPSA) is 41.5 Å². The van der Waals surface area contributed by atoms with Crippen LogP contribution < -0.4 is 10.1 Å². The van der Waals surface area contributed by atoms with Gasteiger partial charge in [0.15, 0.2) is 0 Å². The van der Waals surface area contributed by atoms with E-state index < -0.39 is 5.54 Å². The number of rotatable bonds is 7. The van der Waals surface area contributed by atoms with Crippen LogP contribution in [0.15, 0.2) is 54.6 Å². The minimum absolute atomic E-state index is 0.0438. The van der Waals surface area contributed by atoms with E-state index in [1.165, 1.54) is 0 Å². The van der Waals surface area contributed by atoms with Gasteiger partial charge in [-0.25, -0.2) is 0 Å². The Morgan fingerprint density at radius 3 is 2.52 bits per heavy atom. The zero-order chi connectivity index (χ0) is 15.1. The summed E-state index contributed by atoms with van der Waals surface area (Å²) < 4.78 is 5.51. The molecule has 112 valence electrons. The average molecular weight is 285 g/mol. The number of nitrogens with one attached hydrogen (secondary N) is 1. The fourth-order valence-corrected chi connectivity index (χ4v) is 2.26. The summed E-state index contributed by atoms with van der Waals surface area (Å²) in [7, 11) is 0. The molecule has 0 bridgehead atoms. The molecule has 2 N–H and O–H groups in total. The Kier molecular flexibility index (Phi) is 5.37. The van der Waals surface area contributed by atoms with Gasteiger partial charge < -0.3 is 15.2 Å². The van der Waals surface area contributed by atoms with E-state index in [2.05, 4.69) is 11.4 Å². The van der Waals surface area contributed by atoms with Crippen molar-refractivity contribution in [3.05, 3.63) is 65.7 Å². The van der Waals surface area contributed by atoms with Crippen molar-refractivity contribution >= 4 is 0 Å². The average Bonchev–Trinajstić information content (AvgIpc) is 2.54. The highest BCUT2D eigenvalue weighted by Crippen LogP contribution is 2.21. The predicted octanol–water partition coefficient (Wildman–Crippen LogP) is 3.08. The molecule has 0 heterocycles.